The Kier molecular flexibility index (Phi) is 8.07. The van der Waals surface area contributed by atoms with E-state index in [9.17, 15) is 19.1 Å². The van der Waals surface area contributed by atoms with Gasteiger partial charge in [0.2, 0.25) is 0 Å². The second-order valence-corrected chi connectivity index (χ2v) is 12.5. The predicted molar refractivity (Wildman–Crippen MR) is 154 cm³/mol. The lowest BCUT2D eigenvalue weighted by Gasteiger charge is -2.33. The number of amidine groups is 1. The normalized spacial score (nSPS) is 29.0. The van der Waals surface area contributed by atoms with Crippen molar-refractivity contribution < 1.29 is 32.6 Å². The Hall–Kier alpha value is -3.29. The van der Waals surface area contributed by atoms with Crippen LogP contribution in [-0.4, -0.2) is 88.0 Å². The molecule has 0 radical (unpaired) electrons. The molecule has 3 aliphatic heterocycles. The number of ether oxygens (including phenoxy) is 1. The molecule has 1 saturated carbocycles. The van der Waals surface area contributed by atoms with E-state index in [1.54, 1.807) is 42.5 Å². The number of carbonyl (C=O) groups is 2. The van der Waals surface area contributed by atoms with Crippen LogP contribution in [0.5, 0.6) is 0 Å². The molecule has 5 unspecified atom stereocenters. The first-order valence-electron chi connectivity index (χ1n) is 14.6. The molecule has 0 amide bonds. The highest BCUT2D eigenvalue weighted by molar-refractivity contribution is 7.11. The number of aromatic nitrogens is 1. The van der Waals surface area contributed by atoms with E-state index in [0.29, 0.717) is 59.9 Å². The molecule has 4 heterocycles. The van der Waals surface area contributed by atoms with Crippen molar-refractivity contribution in [3.63, 3.8) is 0 Å². The summed E-state index contributed by atoms with van der Waals surface area (Å²) >= 11 is 1.33. The molecule has 43 heavy (non-hydrogen) atoms. The number of aliphatic carboxylic acids is 1. The van der Waals surface area contributed by atoms with E-state index in [1.165, 1.54) is 17.4 Å². The Morgan fingerprint density at radius 1 is 1.26 bits per heavy atom. The summed E-state index contributed by atoms with van der Waals surface area (Å²) in [6.07, 6.45) is 3.56. The average molecular weight is 618 g/mol. The van der Waals surface area contributed by atoms with Crippen molar-refractivity contribution >= 4 is 29.1 Å². The largest absolute Gasteiger partial charge is 0.481 e. The SMILES string of the molecule is CCOC(=O)C1=C(CN2CC(F)(F)C3C2CCN3C2CCC(C(=O)O)C2)NC(c2nccs2)=NC1c1cccc(F)c1C. The minimum atomic E-state index is -3.04. The number of likely N-dealkylation sites (tertiary alicyclic amines) is 2. The summed E-state index contributed by atoms with van der Waals surface area (Å²) in [7, 11) is 0. The van der Waals surface area contributed by atoms with Crippen LogP contribution in [0.25, 0.3) is 0 Å². The number of esters is 1. The molecule has 5 atom stereocenters. The van der Waals surface area contributed by atoms with Gasteiger partial charge in [-0.05, 0) is 56.7 Å². The van der Waals surface area contributed by atoms with Gasteiger partial charge in [-0.1, -0.05) is 12.1 Å². The number of carbonyl (C=O) groups excluding carboxylic acids is 1. The van der Waals surface area contributed by atoms with Crippen molar-refractivity contribution in [1.82, 2.24) is 20.1 Å². The van der Waals surface area contributed by atoms with E-state index in [1.807, 2.05) is 4.90 Å². The first-order valence-corrected chi connectivity index (χ1v) is 15.5. The molecule has 2 saturated heterocycles. The number of halogens is 3. The summed E-state index contributed by atoms with van der Waals surface area (Å²) < 4.78 is 51.7. The molecule has 2 N–H and O–H groups in total. The number of hydrogen-bond donors (Lipinski definition) is 2. The Bertz CT molecular complexity index is 1470. The van der Waals surface area contributed by atoms with Gasteiger partial charge in [0, 0.05) is 42.4 Å². The maximum Gasteiger partial charge on any atom is 0.338 e. The molecular weight excluding hydrogens is 583 g/mol. The predicted octanol–water partition coefficient (Wildman–Crippen LogP) is 4.15. The van der Waals surface area contributed by atoms with Gasteiger partial charge in [-0.3, -0.25) is 19.6 Å². The van der Waals surface area contributed by atoms with Crippen LogP contribution in [0.4, 0.5) is 13.2 Å². The third-order valence-corrected chi connectivity index (χ3v) is 9.95. The number of carboxylic acid groups (broad SMARTS) is 1. The standard InChI is InChI=1S/C30H34F3N5O4S/c1-3-42-29(41)23-21(35-26(27-34-10-12-43-27)36-24(23)19-5-4-6-20(31)16(19)2)14-37-15-30(32,33)25-22(37)9-11-38(25)18-8-7-17(13-18)28(39)40/h4-6,10,12,17-18,22,24-25H,3,7-9,11,13-15H2,1-2H3,(H,35,36)(H,39,40). The molecule has 1 aromatic heterocycles. The van der Waals surface area contributed by atoms with Crippen LogP contribution in [0.15, 0.2) is 46.0 Å². The number of fused-ring (bicyclic) bond motifs is 1. The number of nitrogens with zero attached hydrogens (tertiary/aromatic N) is 4. The molecule has 13 heteroatoms. The van der Waals surface area contributed by atoms with E-state index in [4.69, 9.17) is 9.73 Å². The first-order chi connectivity index (χ1) is 20.6. The number of carboxylic acids is 1. The molecule has 230 valence electrons. The van der Waals surface area contributed by atoms with Gasteiger partial charge in [0.1, 0.15) is 11.9 Å². The summed E-state index contributed by atoms with van der Waals surface area (Å²) in [5.74, 6) is -5.15. The lowest BCUT2D eigenvalue weighted by atomic mass is 9.92. The Morgan fingerprint density at radius 2 is 2.07 bits per heavy atom. The van der Waals surface area contributed by atoms with Crippen molar-refractivity contribution in [2.24, 2.45) is 10.9 Å². The maximum absolute atomic E-state index is 15.8. The van der Waals surface area contributed by atoms with Crippen LogP contribution in [-0.2, 0) is 14.3 Å². The van der Waals surface area contributed by atoms with Crippen molar-refractivity contribution in [1.29, 1.82) is 0 Å². The highest BCUT2D eigenvalue weighted by Crippen LogP contribution is 2.46. The van der Waals surface area contributed by atoms with E-state index >= 15 is 8.78 Å². The second kappa shape index (κ2) is 11.7. The summed E-state index contributed by atoms with van der Waals surface area (Å²) in [6.45, 7) is 3.32. The smallest absolute Gasteiger partial charge is 0.338 e. The van der Waals surface area contributed by atoms with Gasteiger partial charge in [-0.15, -0.1) is 11.3 Å². The molecule has 9 nitrogen and oxygen atoms in total. The Morgan fingerprint density at radius 3 is 2.77 bits per heavy atom. The van der Waals surface area contributed by atoms with Gasteiger partial charge >= 0.3 is 11.9 Å². The van der Waals surface area contributed by atoms with Crippen LogP contribution < -0.4 is 5.32 Å². The molecule has 4 aliphatic rings. The minimum absolute atomic E-state index is 0.00355. The van der Waals surface area contributed by atoms with Crippen molar-refractivity contribution in [3.8, 4) is 0 Å². The molecule has 2 aromatic rings. The summed E-state index contributed by atoms with van der Waals surface area (Å²) in [4.78, 5) is 37.7. The van der Waals surface area contributed by atoms with Gasteiger partial charge in [0.25, 0.3) is 5.92 Å². The maximum atomic E-state index is 15.8. The fourth-order valence-corrected chi connectivity index (χ4v) is 7.81. The number of alkyl halides is 2. The topological polar surface area (TPSA) is 107 Å². The number of nitrogens with one attached hydrogen (secondary N) is 1. The van der Waals surface area contributed by atoms with Crippen molar-refractivity contribution in [3.05, 3.63) is 63.0 Å². The van der Waals surface area contributed by atoms with Gasteiger partial charge in [0.05, 0.1) is 30.7 Å². The highest BCUT2D eigenvalue weighted by Gasteiger charge is 2.61. The van der Waals surface area contributed by atoms with E-state index in [-0.39, 0.29) is 24.8 Å². The quantitative estimate of drug-likeness (QED) is 0.426. The number of hydrogen-bond acceptors (Lipinski definition) is 9. The highest BCUT2D eigenvalue weighted by atomic mass is 32.1. The third kappa shape index (κ3) is 5.46. The van der Waals surface area contributed by atoms with Crippen LogP contribution in [0.3, 0.4) is 0 Å². The number of rotatable bonds is 8. The van der Waals surface area contributed by atoms with E-state index in [2.05, 4.69) is 10.3 Å². The lowest BCUT2D eigenvalue weighted by molar-refractivity contribution is -0.142. The molecule has 6 rings (SSSR count). The molecular formula is C30H34F3N5O4S. The zero-order chi connectivity index (χ0) is 30.5. The average Bonchev–Trinajstić information content (AvgIpc) is 3.76. The second-order valence-electron chi connectivity index (χ2n) is 11.6. The fourth-order valence-electron chi connectivity index (χ4n) is 7.22. The van der Waals surface area contributed by atoms with Gasteiger partial charge in [-0.2, -0.15) is 0 Å². The molecule has 0 spiro atoms. The van der Waals surface area contributed by atoms with Crippen molar-refractivity contribution in [2.75, 3.05) is 26.2 Å². The number of benzene rings is 1. The van der Waals surface area contributed by atoms with Crippen molar-refractivity contribution in [2.45, 2.75) is 69.6 Å². The molecule has 1 aromatic carbocycles. The summed E-state index contributed by atoms with van der Waals surface area (Å²) in [6, 6.07) is 1.92. The monoisotopic (exact) mass is 617 g/mol. The molecule has 0 bridgehead atoms. The molecule has 3 fully saturated rings. The van der Waals surface area contributed by atoms with Crippen LogP contribution in [0.2, 0.25) is 0 Å². The molecule has 1 aliphatic carbocycles. The summed E-state index contributed by atoms with van der Waals surface area (Å²) in [5.41, 5.74) is 1.32. The van der Waals surface area contributed by atoms with Crippen LogP contribution in [0, 0.1) is 18.7 Å². The van der Waals surface area contributed by atoms with Gasteiger partial charge < -0.3 is 15.2 Å². The zero-order valence-electron chi connectivity index (χ0n) is 23.9. The van der Waals surface area contributed by atoms with E-state index < -0.39 is 54.3 Å². The number of thiazole rings is 1. The van der Waals surface area contributed by atoms with Crippen LogP contribution in [0.1, 0.15) is 54.8 Å². The van der Waals surface area contributed by atoms with Crippen LogP contribution >= 0.6 is 11.3 Å². The Balaban J connectivity index is 1.36. The van der Waals surface area contributed by atoms with Gasteiger partial charge in [0.15, 0.2) is 10.8 Å². The Labute approximate surface area is 251 Å². The first kappa shape index (κ1) is 29.8. The fraction of sp³-hybridized carbons (Fsp3) is 0.533. The van der Waals surface area contributed by atoms with Gasteiger partial charge in [-0.25, -0.2) is 22.9 Å². The minimum Gasteiger partial charge on any atom is -0.481 e. The lowest BCUT2D eigenvalue weighted by Crippen LogP contribution is -2.49. The number of aliphatic imine (C=N–C) groups is 1. The summed E-state index contributed by atoms with van der Waals surface area (Å²) in [5, 5.41) is 15.0. The third-order valence-electron chi connectivity index (χ3n) is 9.17. The zero-order valence-corrected chi connectivity index (χ0v) is 24.7. The van der Waals surface area contributed by atoms with E-state index in [0.717, 1.165) is 0 Å².